The van der Waals surface area contributed by atoms with Crippen LogP contribution < -0.4 is 0 Å². The summed E-state index contributed by atoms with van der Waals surface area (Å²) in [7, 11) is 1.90. The smallest absolute Gasteiger partial charge is 0.191 e. The van der Waals surface area contributed by atoms with Crippen molar-refractivity contribution in [2.75, 3.05) is 12.4 Å². The summed E-state index contributed by atoms with van der Waals surface area (Å²) in [4.78, 5) is 0. The molecule has 3 rings (SSSR count). The minimum atomic E-state index is 0.250. The van der Waals surface area contributed by atoms with Crippen molar-refractivity contribution in [3.63, 3.8) is 0 Å². The topological polar surface area (TPSA) is 57.8 Å². The van der Waals surface area contributed by atoms with Gasteiger partial charge in [-0.25, -0.2) is 0 Å². The van der Waals surface area contributed by atoms with E-state index >= 15 is 0 Å². The van der Waals surface area contributed by atoms with Crippen molar-refractivity contribution >= 4 is 11.8 Å². The van der Waals surface area contributed by atoms with Gasteiger partial charge in [0.1, 0.15) is 0 Å². The molecule has 7 heteroatoms. The average molecular weight is 305 g/mol. The monoisotopic (exact) mass is 305 g/mol. The van der Waals surface area contributed by atoms with Crippen molar-refractivity contribution in [1.29, 1.82) is 0 Å². The number of nitrogens with zero attached hydrogens (tertiary/aromatic N) is 5. The maximum absolute atomic E-state index is 5.76. The van der Waals surface area contributed by atoms with Gasteiger partial charge in [-0.2, -0.15) is 5.10 Å². The Labute approximate surface area is 128 Å². The maximum atomic E-state index is 5.76. The molecule has 1 atom stereocenters. The molecular formula is C14H19N5OS. The number of hydrogen-bond acceptors (Lipinski definition) is 5. The zero-order valence-corrected chi connectivity index (χ0v) is 12.9. The zero-order chi connectivity index (χ0) is 14.7. The highest BCUT2D eigenvalue weighted by Crippen LogP contribution is 2.26. The molecule has 0 aromatic carbocycles. The Bertz CT molecular complexity index is 615. The SMILES string of the molecule is C=CCSc1nnc(-c2cnn(C)c2)n1C[C@H]1CCCO1. The van der Waals surface area contributed by atoms with Crippen LogP contribution in [0.2, 0.25) is 0 Å². The van der Waals surface area contributed by atoms with Crippen LogP contribution in [-0.4, -0.2) is 43.0 Å². The van der Waals surface area contributed by atoms with Crippen LogP contribution in [0.15, 0.2) is 30.2 Å². The van der Waals surface area contributed by atoms with Crippen molar-refractivity contribution in [3.05, 3.63) is 25.0 Å². The summed E-state index contributed by atoms with van der Waals surface area (Å²) in [6, 6.07) is 0. The Balaban J connectivity index is 1.90. The van der Waals surface area contributed by atoms with Crippen LogP contribution in [0.5, 0.6) is 0 Å². The molecule has 112 valence electrons. The summed E-state index contributed by atoms with van der Waals surface area (Å²) < 4.78 is 9.67. The van der Waals surface area contributed by atoms with Crippen LogP contribution in [0, 0.1) is 0 Å². The standard InChI is InChI=1S/C14H19N5OS/c1-3-7-21-14-17-16-13(11-8-15-18(2)9-11)19(14)10-12-5-4-6-20-12/h3,8-9,12H,1,4-7,10H2,2H3/t12-/m1/s1. The molecule has 0 spiro atoms. The van der Waals surface area contributed by atoms with Gasteiger partial charge in [0.15, 0.2) is 11.0 Å². The van der Waals surface area contributed by atoms with Crippen LogP contribution in [0.4, 0.5) is 0 Å². The Hall–Kier alpha value is -1.60. The van der Waals surface area contributed by atoms with Gasteiger partial charge in [0.25, 0.3) is 0 Å². The van der Waals surface area contributed by atoms with Gasteiger partial charge in [0, 0.05) is 25.6 Å². The quantitative estimate of drug-likeness (QED) is 0.604. The molecule has 1 aliphatic heterocycles. The highest BCUT2D eigenvalue weighted by Gasteiger charge is 2.22. The van der Waals surface area contributed by atoms with E-state index in [1.54, 1.807) is 16.4 Å². The van der Waals surface area contributed by atoms with Crippen molar-refractivity contribution < 1.29 is 4.74 Å². The molecule has 0 saturated carbocycles. The highest BCUT2D eigenvalue weighted by atomic mass is 32.2. The number of hydrogen-bond donors (Lipinski definition) is 0. The fourth-order valence-electron chi connectivity index (χ4n) is 2.44. The van der Waals surface area contributed by atoms with E-state index in [1.807, 2.05) is 25.5 Å². The summed E-state index contributed by atoms with van der Waals surface area (Å²) in [5.41, 5.74) is 0.980. The number of aromatic nitrogens is 5. The summed E-state index contributed by atoms with van der Waals surface area (Å²) in [5.74, 6) is 1.67. The van der Waals surface area contributed by atoms with Gasteiger partial charge >= 0.3 is 0 Å². The molecule has 0 unspecified atom stereocenters. The first-order chi connectivity index (χ1) is 10.3. The third kappa shape index (κ3) is 3.19. The Morgan fingerprint density at radius 2 is 2.43 bits per heavy atom. The predicted octanol–water partition coefficient (Wildman–Crippen LogP) is 2.14. The average Bonchev–Trinajstić information content (AvgIpc) is 3.19. The molecule has 21 heavy (non-hydrogen) atoms. The Morgan fingerprint density at radius 3 is 3.10 bits per heavy atom. The summed E-state index contributed by atoms with van der Waals surface area (Å²) in [5, 5.41) is 13.8. The summed E-state index contributed by atoms with van der Waals surface area (Å²) in [6.07, 6.45) is 8.12. The van der Waals surface area contributed by atoms with Crippen molar-refractivity contribution in [3.8, 4) is 11.4 Å². The first-order valence-electron chi connectivity index (χ1n) is 7.05. The van der Waals surface area contributed by atoms with Gasteiger partial charge < -0.3 is 4.74 Å². The minimum absolute atomic E-state index is 0.250. The molecule has 0 radical (unpaired) electrons. The molecule has 1 aliphatic rings. The number of ether oxygens (including phenoxy) is 1. The van der Waals surface area contributed by atoms with E-state index in [-0.39, 0.29) is 6.10 Å². The van der Waals surface area contributed by atoms with Crippen LogP contribution in [-0.2, 0) is 18.3 Å². The summed E-state index contributed by atoms with van der Waals surface area (Å²) in [6.45, 7) is 5.40. The lowest BCUT2D eigenvalue weighted by atomic mass is 10.2. The van der Waals surface area contributed by atoms with Gasteiger partial charge in [-0.05, 0) is 12.8 Å². The fraction of sp³-hybridized carbons (Fsp3) is 0.500. The first kappa shape index (κ1) is 14.3. The van der Waals surface area contributed by atoms with E-state index in [9.17, 15) is 0 Å². The van der Waals surface area contributed by atoms with Crippen LogP contribution in [0.1, 0.15) is 12.8 Å². The third-order valence-corrected chi connectivity index (χ3v) is 4.38. The van der Waals surface area contributed by atoms with E-state index in [4.69, 9.17) is 4.74 Å². The van der Waals surface area contributed by atoms with Gasteiger partial charge in [0.05, 0.1) is 24.4 Å². The van der Waals surface area contributed by atoms with Gasteiger partial charge in [-0.15, -0.1) is 16.8 Å². The molecule has 1 saturated heterocycles. The van der Waals surface area contributed by atoms with Crippen LogP contribution >= 0.6 is 11.8 Å². The van der Waals surface area contributed by atoms with E-state index in [0.717, 1.165) is 48.3 Å². The Kier molecular flexibility index (Phi) is 4.40. The van der Waals surface area contributed by atoms with Crippen LogP contribution in [0.3, 0.4) is 0 Å². The summed E-state index contributed by atoms with van der Waals surface area (Å²) >= 11 is 1.64. The predicted molar refractivity (Wildman–Crippen MR) is 82.1 cm³/mol. The zero-order valence-electron chi connectivity index (χ0n) is 12.1. The molecule has 1 fully saturated rings. The molecule has 0 amide bonds. The normalized spacial score (nSPS) is 18.2. The first-order valence-corrected chi connectivity index (χ1v) is 8.04. The van der Waals surface area contributed by atoms with Gasteiger partial charge in [0.2, 0.25) is 0 Å². The third-order valence-electron chi connectivity index (χ3n) is 3.42. The van der Waals surface area contributed by atoms with E-state index < -0.39 is 0 Å². The second kappa shape index (κ2) is 6.44. The number of thioether (sulfide) groups is 1. The molecule has 3 heterocycles. The second-order valence-corrected chi connectivity index (χ2v) is 6.04. The number of rotatable bonds is 6. The van der Waals surface area contributed by atoms with E-state index in [2.05, 4.69) is 26.4 Å². The van der Waals surface area contributed by atoms with E-state index in [0.29, 0.717) is 0 Å². The molecule has 2 aromatic heterocycles. The lowest BCUT2D eigenvalue weighted by molar-refractivity contribution is 0.0953. The second-order valence-electron chi connectivity index (χ2n) is 5.05. The lowest BCUT2D eigenvalue weighted by Crippen LogP contribution is -2.16. The van der Waals surface area contributed by atoms with E-state index in [1.165, 1.54) is 0 Å². The van der Waals surface area contributed by atoms with Gasteiger partial charge in [-0.1, -0.05) is 17.8 Å². The van der Waals surface area contributed by atoms with Crippen molar-refractivity contribution in [2.45, 2.75) is 30.6 Å². The largest absolute Gasteiger partial charge is 0.376 e. The molecule has 0 aliphatic carbocycles. The highest BCUT2D eigenvalue weighted by molar-refractivity contribution is 7.99. The molecule has 0 bridgehead atoms. The molecule has 0 N–H and O–H groups in total. The Morgan fingerprint density at radius 1 is 1.52 bits per heavy atom. The minimum Gasteiger partial charge on any atom is -0.376 e. The maximum Gasteiger partial charge on any atom is 0.191 e. The van der Waals surface area contributed by atoms with Crippen LogP contribution in [0.25, 0.3) is 11.4 Å². The molecule has 2 aromatic rings. The van der Waals surface area contributed by atoms with Crippen molar-refractivity contribution in [1.82, 2.24) is 24.5 Å². The van der Waals surface area contributed by atoms with Gasteiger partial charge in [-0.3, -0.25) is 9.25 Å². The molecule has 6 nitrogen and oxygen atoms in total. The van der Waals surface area contributed by atoms with Crippen molar-refractivity contribution in [2.24, 2.45) is 7.05 Å². The number of aryl methyl sites for hydroxylation is 1. The lowest BCUT2D eigenvalue weighted by Gasteiger charge is -2.13. The fourth-order valence-corrected chi connectivity index (χ4v) is 3.12. The molecular weight excluding hydrogens is 286 g/mol.